The first-order chi connectivity index (χ1) is 15.6. The van der Waals surface area contributed by atoms with Crippen LogP contribution in [0.3, 0.4) is 0 Å². The molecule has 7 heteroatoms. The Morgan fingerprint density at radius 2 is 1.94 bits per heavy atom. The van der Waals surface area contributed by atoms with Crippen LogP contribution in [-0.2, 0) is 16.0 Å². The van der Waals surface area contributed by atoms with Gasteiger partial charge in [-0.15, -0.1) is 0 Å². The Morgan fingerprint density at radius 1 is 1.09 bits per heavy atom. The Balaban J connectivity index is 1.31. The number of nitrogens with zero attached hydrogens (tertiary/aromatic N) is 1. The first-order valence-electron chi connectivity index (χ1n) is 10.7. The number of aromatic nitrogens is 2. The van der Waals surface area contributed by atoms with Crippen molar-refractivity contribution in [1.29, 1.82) is 0 Å². The fraction of sp³-hybridized carbons (Fsp3) is 0.240. The van der Waals surface area contributed by atoms with Gasteiger partial charge in [-0.1, -0.05) is 36.4 Å². The summed E-state index contributed by atoms with van der Waals surface area (Å²) in [5, 5.41) is 7.75. The van der Waals surface area contributed by atoms with E-state index >= 15 is 0 Å². The summed E-state index contributed by atoms with van der Waals surface area (Å²) in [6, 6.07) is 17.0. The summed E-state index contributed by atoms with van der Waals surface area (Å²) >= 11 is 0. The summed E-state index contributed by atoms with van der Waals surface area (Å²) in [5.74, 6) is 0.277. The highest BCUT2D eigenvalue weighted by molar-refractivity contribution is 5.89. The van der Waals surface area contributed by atoms with Crippen LogP contribution in [0.1, 0.15) is 18.9 Å². The molecule has 0 radical (unpaired) electrons. The van der Waals surface area contributed by atoms with E-state index in [4.69, 9.17) is 4.74 Å². The van der Waals surface area contributed by atoms with Crippen molar-refractivity contribution in [3.8, 4) is 5.75 Å². The Labute approximate surface area is 186 Å². The van der Waals surface area contributed by atoms with Gasteiger partial charge in [-0.3, -0.25) is 14.6 Å². The number of ether oxygens (including phenoxy) is 1. The zero-order valence-corrected chi connectivity index (χ0v) is 17.9. The van der Waals surface area contributed by atoms with Crippen molar-refractivity contribution in [3.05, 3.63) is 72.6 Å². The van der Waals surface area contributed by atoms with Gasteiger partial charge in [-0.2, -0.15) is 0 Å². The van der Waals surface area contributed by atoms with Crippen LogP contribution in [0, 0.1) is 0 Å². The van der Waals surface area contributed by atoms with Crippen LogP contribution < -0.4 is 15.4 Å². The van der Waals surface area contributed by atoms with Gasteiger partial charge >= 0.3 is 0 Å². The monoisotopic (exact) mass is 430 g/mol. The second kappa shape index (κ2) is 9.96. The SMILES string of the molecule is CC(=O)NC(Cc1c[nH]c2ccccc12)C(=O)NCCCOc1cccc2cccnc12. The third-order valence-electron chi connectivity index (χ3n) is 5.27. The zero-order valence-electron chi connectivity index (χ0n) is 17.9. The van der Waals surface area contributed by atoms with Crippen molar-refractivity contribution in [3.63, 3.8) is 0 Å². The molecule has 4 rings (SSSR count). The van der Waals surface area contributed by atoms with Crippen molar-refractivity contribution in [2.75, 3.05) is 13.2 Å². The van der Waals surface area contributed by atoms with Gasteiger partial charge in [0.2, 0.25) is 11.8 Å². The minimum atomic E-state index is -0.644. The molecule has 32 heavy (non-hydrogen) atoms. The highest BCUT2D eigenvalue weighted by atomic mass is 16.5. The molecule has 7 nitrogen and oxygen atoms in total. The molecule has 0 spiro atoms. The summed E-state index contributed by atoms with van der Waals surface area (Å²) in [4.78, 5) is 32.0. The summed E-state index contributed by atoms with van der Waals surface area (Å²) in [5.41, 5.74) is 2.81. The molecule has 2 amide bonds. The standard InChI is InChI=1S/C25H26N4O3/c1-17(30)29-22(15-19-16-28-21-10-3-2-9-20(19)21)25(31)27-13-6-14-32-23-11-4-7-18-8-5-12-26-24(18)23/h2-5,7-12,16,22,28H,6,13-15H2,1H3,(H,27,31)(H,29,30). The number of benzene rings is 2. The number of H-pyrrole nitrogens is 1. The number of nitrogens with one attached hydrogen (secondary N) is 3. The van der Waals surface area contributed by atoms with Crippen LogP contribution in [0.25, 0.3) is 21.8 Å². The molecular formula is C25H26N4O3. The molecule has 164 valence electrons. The molecule has 0 saturated heterocycles. The highest BCUT2D eigenvalue weighted by Crippen LogP contribution is 2.23. The molecule has 2 heterocycles. The number of fused-ring (bicyclic) bond motifs is 2. The number of para-hydroxylation sites is 2. The quantitative estimate of drug-likeness (QED) is 0.355. The van der Waals surface area contributed by atoms with Crippen molar-refractivity contribution < 1.29 is 14.3 Å². The van der Waals surface area contributed by atoms with Gasteiger partial charge in [0, 0.05) is 48.6 Å². The van der Waals surface area contributed by atoms with Crippen LogP contribution in [0.4, 0.5) is 0 Å². The van der Waals surface area contributed by atoms with Gasteiger partial charge in [-0.05, 0) is 30.2 Å². The summed E-state index contributed by atoms with van der Waals surface area (Å²) in [7, 11) is 0. The summed E-state index contributed by atoms with van der Waals surface area (Å²) in [6.45, 7) is 2.31. The lowest BCUT2D eigenvalue weighted by Crippen LogP contribution is -2.47. The molecule has 1 unspecified atom stereocenters. The Hall–Kier alpha value is -3.87. The minimum absolute atomic E-state index is 0.211. The van der Waals surface area contributed by atoms with Crippen molar-refractivity contribution >= 4 is 33.6 Å². The average Bonchev–Trinajstić information content (AvgIpc) is 3.21. The number of amides is 2. The van der Waals surface area contributed by atoms with Gasteiger partial charge in [0.25, 0.3) is 0 Å². The third kappa shape index (κ3) is 5.06. The fourth-order valence-electron chi connectivity index (χ4n) is 3.76. The molecule has 0 saturated carbocycles. The first kappa shape index (κ1) is 21.4. The van der Waals surface area contributed by atoms with E-state index in [2.05, 4.69) is 20.6 Å². The Kier molecular flexibility index (Phi) is 6.65. The van der Waals surface area contributed by atoms with Crippen LogP contribution in [-0.4, -0.2) is 41.0 Å². The Bertz CT molecular complexity index is 1230. The molecule has 0 fully saturated rings. The maximum absolute atomic E-state index is 12.8. The fourth-order valence-corrected chi connectivity index (χ4v) is 3.76. The third-order valence-corrected chi connectivity index (χ3v) is 5.27. The molecule has 0 aliphatic rings. The van der Waals surface area contributed by atoms with Crippen molar-refractivity contribution in [2.24, 2.45) is 0 Å². The van der Waals surface area contributed by atoms with E-state index in [1.54, 1.807) is 6.20 Å². The van der Waals surface area contributed by atoms with E-state index in [1.165, 1.54) is 6.92 Å². The van der Waals surface area contributed by atoms with E-state index in [0.29, 0.717) is 26.0 Å². The zero-order chi connectivity index (χ0) is 22.3. The average molecular weight is 431 g/mol. The first-order valence-corrected chi connectivity index (χ1v) is 10.7. The van der Waals surface area contributed by atoms with Gasteiger partial charge in [0.05, 0.1) is 6.61 Å². The lowest BCUT2D eigenvalue weighted by Gasteiger charge is -2.17. The number of carbonyl (C=O) groups is 2. The van der Waals surface area contributed by atoms with Crippen molar-refractivity contribution in [2.45, 2.75) is 25.8 Å². The van der Waals surface area contributed by atoms with Gasteiger partial charge in [0.1, 0.15) is 17.3 Å². The maximum Gasteiger partial charge on any atom is 0.242 e. The lowest BCUT2D eigenvalue weighted by atomic mass is 10.0. The number of pyridine rings is 1. The molecule has 0 aliphatic carbocycles. The largest absolute Gasteiger partial charge is 0.491 e. The second-order valence-corrected chi connectivity index (χ2v) is 7.64. The molecule has 4 aromatic rings. The van der Waals surface area contributed by atoms with E-state index < -0.39 is 6.04 Å². The number of aromatic amines is 1. The predicted octanol–water partition coefficient (Wildman–Crippen LogP) is 3.35. The van der Waals surface area contributed by atoms with Crippen LogP contribution in [0.5, 0.6) is 5.75 Å². The van der Waals surface area contributed by atoms with E-state index in [1.807, 2.05) is 60.8 Å². The minimum Gasteiger partial charge on any atom is -0.491 e. The predicted molar refractivity (Wildman–Crippen MR) is 124 cm³/mol. The molecule has 0 bridgehead atoms. The van der Waals surface area contributed by atoms with E-state index in [9.17, 15) is 9.59 Å². The summed E-state index contributed by atoms with van der Waals surface area (Å²) < 4.78 is 5.87. The van der Waals surface area contributed by atoms with E-state index in [0.717, 1.165) is 33.1 Å². The molecule has 1 atom stereocenters. The topological polar surface area (TPSA) is 96.1 Å². The summed E-state index contributed by atoms with van der Waals surface area (Å²) in [6.07, 6.45) is 4.67. The molecule has 2 aromatic carbocycles. The normalized spacial score (nSPS) is 11.9. The lowest BCUT2D eigenvalue weighted by molar-refractivity contribution is -0.128. The van der Waals surface area contributed by atoms with Gasteiger partial charge in [0.15, 0.2) is 0 Å². The number of hydrogen-bond donors (Lipinski definition) is 3. The van der Waals surface area contributed by atoms with Gasteiger partial charge in [-0.25, -0.2) is 0 Å². The molecule has 0 aliphatic heterocycles. The van der Waals surface area contributed by atoms with Crippen LogP contribution >= 0.6 is 0 Å². The molecular weight excluding hydrogens is 404 g/mol. The molecule has 3 N–H and O–H groups in total. The Morgan fingerprint density at radius 3 is 2.81 bits per heavy atom. The number of hydrogen-bond acceptors (Lipinski definition) is 4. The number of carbonyl (C=O) groups excluding carboxylic acids is 2. The van der Waals surface area contributed by atoms with Crippen LogP contribution in [0.2, 0.25) is 0 Å². The molecule has 2 aromatic heterocycles. The maximum atomic E-state index is 12.8. The second-order valence-electron chi connectivity index (χ2n) is 7.64. The van der Waals surface area contributed by atoms with Crippen LogP contribution in [0.15, 0.2) is 67.0 Å². The van der Waals surface area contributed by atoms with E-state index in [-0.39, 0.29) is 11.8 Å². The highest BCUT2D eigenvalue weighted by Gasteiger charge is 2.21. The smallest absolute Gasteiger partial charge is 0.242 e. The number of rotatable bonds is 9. The van der Waals surface area contributed by atoms with Crippen molar-refractivity contribution in [1.82, 2.24) is 20.6 Å². The van der Waals surface area contributed by atoms with Gasteiger partial charge < -0.3 is 20.4 Å².